The summed E-state index contributed by atoms with van der Waals surface area (Å²) in [5, 5.41) is 0. The maximum atomic E-state index is 7.01. The van der Waals surface area contributed by atoms with Crippen LogP contribution in [0.3, 0.4) is 0 Å². The third kappa shape index (κ3) is 1.97. The summed E-state index contributed by atoms with van der Waals surface area (Å²) in [7, 11) is 14.0. The molecule has 0 saturated heterocycles. The number of hydrogen-bond donors (Lipinski definition) is 0. The zero-order valence-electron chi connectivity index (χ0n) is 11.0. The van der Waals surface area contributed by atoms with Gasteiger partial charge in [0, 0.05) is 0 Å². The number of halogens is 2. The molecule has 2 aliphatic rings. The van der Waals surface area contributed by atoms with E-state index in [1.54, 1.807) is 0 Å². The van der Waals surface area contributed by atoms with Gasteiger partial charge in [-0.2, -0.15) is 0 Å². The second kappa shape index (κ2) is 4.72. The summed E-state index contributed by atoms with van der Waals surface area (Å²) in [5.41, 5.74) is 3.90. The predicted molar refractivity (Wildman–Crippen MR) is 81.3 cm³/mol. The van der Waals surface area contributed by atoms with Gasteiger partial charge in [-0.05, 0) is 0 Å². The second-order valence-corrected chi connectivity index (χ2v) is 20.9. The molecule has 0 aliphatic heterocycles. The molecule has 0 nitrogen and oxygen atoms in total. The molecular weight excluding hydrogens is 354 g/mol. The molecule has 19 heavy (non-hydrogen) atoms. The van der Waals surface area contributed by atoms with E-state index in [1.807, 2.05) is 0 Å². The van der Waals surface area contributed by atoms with E-state index in [-0.39, 0.29) is 6.75 Å². The van der Waals surface area contributed by atoms with E-state index in [9.17, 15) is 0 Å². The van der Waals surface area contributed by atoms with E-state index in [0.29, 0.717) is 0 Å². The van der Waals surface area contributed by atoms with Crippen LogP contribution in [0.2, 0.25) is 3.63 Å². The van der Waals surface area contributed by atoms with E-state index in [0.717, 1.165) is 0 Å². The fourth-order valence-electron chi connectivity index (χ4n) is 3.18. The molecule has 98 valence electrons. The van der Waals surface area contributed by atoms with E-state index in [4.69, 9.17) is 17.0 Å². The molecule has 0 radical (unpaired) electrons. The molecule has 0 spiro atoms. The summed E-state index contributed by atoms with van der Waals surface area (Å²) in [6.45, 7) is 4.37. The van der Waals surface area contributed by atoms with Crippen LogP contribution in [0, 0.1) is 6.92 Å². The van der Waals surface area contributed by atoms with Crippen molar-refractivity contribution in [2.75, 3.05) is 0 Å². The van der Waals surface area contributed by atoms with Crippen LogP contribution >= 0.6 is 17.0 Å². The van der Waals surface area contributed by atoms with E-state index < -0.39 is 17.9 Å². The first kappa shape index (κ1) is 13.9. The number of aryl methyl sites for hydroxylation is 1. The second-order valence-electron chi connectivity index (χ2n) is 5.49. The number of fused-ring (bicyclic) bond motifs is 1. The monoisotopic (exact) mass is 368 g/mol. The zero-order valence-corrected chi connectivity index (χ0v) is 15.0. The summed E-state index contributed by atoms with van der Waals surface area (Å²) in [6.07, 6.45) is 12.8. The Morgan fingerprint density at radius 3 is 2.53 bits per heavy atom. The van der Waals surface area contributed by atoms with Crippen molar-refractivity contribution in [2.45, 2.75) is 20.6 Å². The first-order chi connectivity index (χ1) is 8.97. The van der Waals surface area contributed by atoms with Gasteiger partial charge in [-0.1, -0.05) is 0 Å². The van der Waals surface area contributed by atoms with Gasteiger partial charge in [0.2, 0.25) is 0 Å². The van der Waals surface area contributed by atoms with Crippen molar-refractivity contribution in [1.82, 2.24) is 0 Å². The standard InChI is InChI=1S/C11H11.C5H5.2ClH.Zr/c1-8-4-3-5-10-7-6-9(2)11(8)10;1-2-4-5-3-1;;;/h3-7H,1-2H3;1-5H;2*1H;/q;;;;+2/p-2. The van der Waals surface area contributed by atoms with Crippen LogP contribution in [0.4, 0.5) is 0 Å². The average Bonchev–Trinajstić information content (AvgIpc) is 2.99. The van der Waals surface area contributed by atoms with Crippen LogP contribution in [0.5, 0.6) is 0 Å². The van der Waals surface area contributed by atoms with Gasteiger partial charge >= 0.3 is 127 Å². The molecular formula is C16H16Cl2Zr. The molecule has 1 aromatic carbocycles. The van der Waals surface area contributed by atoms with Crippen molar-refractivity contribution in [2.24, 2.45) is 0 Å². The van der Waals surface area contributed by atoms with Gasteiger partial charge in [0.15, 0.2) is 0 Å². The fourth-order valence-corrected chi connectivity index (χ4v) is 12.6. The minimum atomic E-state index is -3.42. The molecule has 0 fully saturated rings. The summed E-state index contributed by atoms with van der Waals surface area (Å²) in [6, 6.07) is 6.40. The van der Waals surface area contributed by atoms with Crippen LogP contribution in [0.25, 0.3) is 6.08 Å². The number of allylic oxidation sites excluding steroid dienone is 5. The molecule has 0 aromatic heterocycles. The quantitative estimate of drug-likeness (QED) is 0.634. The van der Waals surface area contributed by atoms with Crippen LogP contribution in [-0.4, -0.2) is 0 Å². The summed E-state index contributed by atoms with van der Waals surface area (Å²) < 4.78 is 0.0835. The van der Waals surface area contributed by atoms with Gasteiger partial charge < -0.3 is 0 Å². The summed E-state index contributed by atoms with van der Waals surface area (Å²) in [5.74, 6) is 0. The summed E-state index contributed by atoms with van der Waals surface area (Å²) in [4.78, 5) is 0. The molecule has 0 saturated carbocycles. The van der Waals surface area contributed by atoms with Crippen molar-refractivity contribution in [1.29, 1.82) is 0 Å². The minimum absolute atomic E-state index is 0.165. The van der Waals surface area contributed by atoms with Gasteiger partial charge in [0.1, 0.15) is 0 Å². The van der Waals surface area contributed by atoms with Crippen LogP contribution < -0.4 is 0 Å². The van der Waals surface area contributed by atoms with Crippen molar-refractivity contribution in [3.63, 3.8) is 0 Å². The third-order valence-corrected chi connectivity index (χ3v) is 19.3. The molecule has 0 bridgehead atoms. The van der Waals surface area contributed by atoms with E-state index in [1.165, 1.54) is 16.7 Å². The van der Waals surface area contributed by atoms with Gasteiger partial charge in [0.05, 0.1) is 0 Å². The predicted octanol–water partition coefficient (Wildman–Crippen LogP) is 5.61. The molecule has 2 aliphatic carbocycles. The first-order valence-electron chi connectivity index (χ1n) is 6.49. The fraction of sp³-hybridized carbons (Fsp3) is 0.250. The van der Waals surface area contributed by atoms with Gasteiger partial charge in [-0.25, -0.2) is 0 Å². The van der Waals surface area contributed by atoms with Gasteiger partial charge in [-0.3, -0.25) is 0 Å². The maximum absolute atomic E-state index is 7.01. The zero-order chi connectivity index (χ0) is 13.7. The Bertz CT molecular complexity index is 601. The first-order valence-corrected chi connectivity index (χ1v) is 15.5. The molecule has 1 unspecified atom stereocenters. The van der Waals surface area contributed by atoms with Crippen molar-refractivity contribution >= 4 is 23.1 Å². The van der Waals surface area contributed by atoms with Crippen molar-refractivity contribution in [3.8, 4) is 0 Å². The van der Waals surface area contributed by atoms with Crippen LogP contribution in [0.1, 0.15) is 23.6 Å². The van der Waals surface area contributed by atoms with E-state index >= 15 is 0 Å². The van der Waals surface area contributed by atoms with Crippen molar-refractivity contribution < 1.29 is 17.9 Å². The van der Waals surface area contributed by atoms with E-state index in [2.05, 4.69) is 68.5 Å². The SMILES string of the molecule is Cc1cccc2c1[C](C)([Zr]([Cl])([Cl])[CH]1C=CC=C1)C=C2. The Hall–Kier alpha value is -0.0969. The van der Waals surface area contributed by atoms with Crippen LogP contribution in [-0.2, 0) is 21.0 Å². The Kier molecular flexibility index (Phi) is 3.45. The Morgan fingerprint density at radius 2 is 1.84 bits per heavy atom. The van der Waals surface area contributed by atoms with Gasteiger partial charge in [0.25, 0.3) is 0 Å². The Morgan fingerprint density at radius 1 is 1.16 bits per heavy atom. The molecule has 0 N–H and O–H groups in total. The summed E-state index contributed by atoms with van der Waals surface area (Å²) >= 11 is -3.42. The number of rotatable bonds is 2. The molecule has 3 rings (SSSR count). The number of hydrogen-bond acceptors (Lipinski definition) is 0. The van der Waals surface area contributed by atoms with Gasteiger partial charge in [-0.15, -0.1) is 0 Å². The Labute approximate surface area is 126 Å². The number of benzene rings is 1. The average molecular weight is 370 g/mol. The topological polar surface area (TPSA) is 0 Å². The van der Waals surface area contributed by atoms with Crippen LogP contribution in [0.15, 0.2) is 48.6 Å². The molecule has 0 heterocycles. The van der Waals surface area contributed by atoms with Crippen molar-refractivity contribution in [3.05, 3.63) is 65.3 Å². The third-order valence-electron chi connectivity index (χ3n) is 4.28. The molecule has 1 atom stereocenters. The molecule has 3 heteroatoms. The Balaban J connectivity index is 2.14. The molecule has 1 aromatic rings. The molecule has 0 amide bonds. The normalized spacial score (nSPS) is 25.3.